The number of rotatable bonds is 7. The monoisotopic (exact) mass is 382 g/mol. The number of carbonyl (C=O) groups is 2. The van der Waals surface area contributed by atoms with Crippen molar-refractivity contribution in [2.45, 2.75) is 18.9 Å². The van der Waals surface area contributed by atoms with Crippen LogP contribution in [-0.2, 0) is 4.79 Å². The van der Waals surface area contributed by atoms with Crippen LogP contribution in [0.25, 0.3) is 0 Å². The molecule has 1 aliphatic heterocycles. The molecule has 0 aliphatic carbocycles. The van der Waals surface area contributed by atoms with Gasteiger partial charge in [0.05, 0.1) is 7.11 Å². The summed E-state index contributed by atoms with van der Waals surface area (Å²) < 4.78 is 5.14. The van der Waals surface area contributed by atoms with E-state index in [1.165, 1.54) is 0 Å². The van der Waals surface area contributed by atoms with E-state index in [-0.39, 0.29) is 18.4 Å². The van der Waals surface area contributed by atoms with Gasteiger partial charge in [0.15, 0.2) is 0 Å². The molecule has 28 heavy (non-hydrogen) atoms. The molecule has 0 unspecified atom stereocenters. The van der Waals surface area contributed by atoms with Crippen LogP contribution in [0.4, 0.5) is 0 Å². The van der Waals surface area contributed by atoms with Crippen LogP contribution in [0.2, 0.25) is 0 Å². The lowest BCUT2D eigenvalue weighted by Crippen LogP contribution is -2.49. The van der Waals surface area contributed by atoms with Gasteiger partial charge in [-0.15, -0.1) is 0 Å². The van der Waals surface area contributed by atoms with Crippen LogP contribution in [0, 0.1) is 0 Å². The molecule has 1 N–H and O–H groups in total. The largest absolute Gasteiger partial charge is 0.497 e. The SMILES string of the molecule is COc1ccc(C(=O)N2CCN([C@H](CCC(=O)O)c3ccccc3)CC2)cc1. The Morgan fingerprint density at radius 1 is 1.00 bits per heavy atom. The van der Waals surface area contributed by atoms with Crippen molar-refractivity contribution < 1.29 is 19.4 Å². The number of benzene rings is 2. The summed E-state index contributed by atoms with van der Waals surface area (Å²) >= 11 is 0. The van der Waals surface area contributed by atoms with Crippen molar-refractivity contribution in [3.05, 3.63) is 65.7 Å². The minimum atomic E-state index is -0.783. The van der Waals surface area contributed by atoms with E-state index in [4.69, 9.17) is 9.84 Å². The van der Waals surface area contributed by atoms with E-state index in [0.29, 0.717) is 25.1 Å². The summed E-state index contributed by atoms with van der Waals surface area (Å²) in [6, 6.07) is 17.2. The molecule has 6 heteroatoms. The molecule has 0 spiro atoms. The van der Waals surface area contributed by atoms with Crippen molar-refractivity contribution in [3.63, 3.8) is 0 Å². The topological polar surface area (TPSA) is 70.1 Å². The Morgan fingerprint density at radius 2 is 1.64 bits per heavy atom. The van der Waals surface area contributed by atoms with Gasteiger partial charge in [0.1, 0.15) is 5.75 Å². The van der Waals surface area contributed by atoms with Crippen LogP contribution in [0.3, 0.4) is 0 Å². The molecule has 1 aliphatic rings. The number of nitrogens with zero attached hydrogens (tertiary/aromatic N) is 2. The first kappa shape index (κ1) is 19.9. The summed E-state index contributed by atoms with van der Waals surface area (Å²) in [5, 5.41) is 9.11. The molecule has 2 aromatic rings. The quantitative estimate of drug-likeness (QED) is 0.797. The normalized spacial score (nSPS) is 15.8. The highest BCUT2D eigenvalue weighted by atomic mass is 16.5. The molecule has 2 aromatic carbocycles. The van der Waals surface area contributed by atoms with Crippen LogP contribution in [0.15, 0.2) is 54.6 Å². The summed E-state index contributed by atoms with van der Waals surface area (Å²) in [6.45, 7) is 2.70. The van der Waals surface area contributed by atoms with Gasteiger partial charge in [-0.1, -0.05) is 30.3 Å². The lowest BCUT2D eigenvalue weighted by Gasteiger charge is -2.39. The summed E-state index contributed by atoms with van der Waals surface area (Å²) in [5.41, 5.74) is 1.78. The lowest BCUT2D eigenvalue weighted by molar-refractivity contribution is -0.137. The molecule has 1 fully saturated rings. The van der Waals surface area contributed by atoms with E-state index in [0.717, 1.165) is 24.4 Å². The van der Waals surface area contributed by atoms with Gasteiger partial charge in [0.25, 0.3) is 5.91 Å². The van der Waals surface area contributed by atoms with Crippen molar-refractivity contribution >= 4 is 11.9 Å². The zero-order valence-electron chi connectivity index (χ0n) is 16.1. The molecule has 0 bridgehead atoms. The number of piperazine rings is 1. The molecular weight excluding hydrogens is 356 g/mol. The first-order chi connectivity index (χ1) is 13.6. The predicted molar refractivity (Wildman–Crippen MR) is 107 cm³/mol. The number of ether oxygens (including phenoxy) is 1. The second-order valence-electron chi connectivity index (χ2n) is 6.92. The van der Waals surface area contributed by atoms with Crippen LogP contribution in [0.5, 0.6) is 5.75 Å². The van der Waals surface area contributed by atoms with E-state index >= 15 is 0 Å². The maximum absolute atomic E-state index is 12.7. The number of aliphatic carboxylic acids is 1. The standard InChI is InChI=1S/C22H26N2O4/c1-28-19-9-7-18(8-10-19)22(27)24-15-13-23(14-16-24)20(11-12-21(25)26)17-5-3-2-4-6-17/h2-10,20H,11-16H2,1H3,(H,25,26)/t20-/m1/s1. The number of hydrogen-bond acceptors (Lipinski definition) is 4. The van der Waals surface area contributed by atoms with Gasteiger partial charge in [0, 0.05) is 44.2 Å². The molecular formula is C22H26N2O4. The summed E-state index contributed by atoms with van der Waals surface area (Å²) in [7, 11) is 1.60. The Bertz CT molecular complexity index is 784. The highest BCUT2D eigenvalue weighted by Crippen LogP contribution is 2.27. The average molecular weight is 382 g/mol. The number of carboxylic acid groups (broad SMARTS) is 1. The Kier molecular flexibility index (Phi) is 6.66. The number of amides is 1. The summed E-state index contributed by atoms with van der Waals surface area (Å²) in [4.78, 5) is 28.0. The van der Waals surface area contributed by atoms with Crippen molar-refractivity contribution in [2.24, 2.45) is 0 Å². The second kappa shape index (κ2) is 9.37. The molecule has 1 saturated heterocycles. The van der Waals surface area contributed by atoms with Gasteiger partial charge < -0.3 is 14.7 Å². The van der Waals surface area contributed by atoms with Gasteiger partial charge in [-0.2, -0.15) is 0 Å². The number of carbonyl (C=O) groups excluding carboxylic acids is 1. The van der Waals surface area contributed by atoms with E-state index in [1.807, 2.05) is 35.2 Å². The van der Waals surface area contributed by atoms with Crippen LogP contribution < -0.4 is 4.74 Å². The molecule has 6 nitrogen and oxygen atoms in total. The third-order valence-corrected chi connectivity index (χ3v) is 5.20. The average Bonchev–Trinajstić information content (AvgIpc) is 2.74. The number of carboxylic acids is 1. The summed E-state index contributed by atoms with van der Waals surface area (Å²) in [5.74, 6) is -0.0381. The highest BCUT2D eigenvalue weighted by Gasteiger charge is 2.27. The summed E-state index contributed by atoms with van der Waals surface area (Å²) in [6.07, 6.45) is 0.691. The fraction of sp³-hybridized carbons (Fsp3) is 0.364. The van der Waals surface area contributed by atoms with Crippen LogP contribution in [0.1, 0.15) is 34.8 Å². The lowest BCUT2D eigenvalue weighted by atomic mass is 9.99. The molecule has 0 radical (unpaired) electrons. The second-order valence-corrected chi connectivity index (χ2v) is 6.92. The smallest absolute Gasteiger partial charge is 0.303 e. The first-order valence-electron chi connectivity index (χ1n) is 9.52. The Labute approximate surface area is 165 Å². The highest BCUT2D eigenvalue weighted by molar-refractivity contribution is 5.94. The molecule has 1 amide bonds. The van der Waals surface area contributed by atoms with Gasteiger partial charge in [-0.25, -0.2) is 0 Å². The number of hydrogen-bond donors (Lipinski definition) is 1. The zero-order valence-corrected chi connectivity index (χ0v) is 16.1. The minimum Gasteiger partial charge on any atom is -0.497 e. The minimum absolute atomic E-state index is 0.0177. The van der Waals surface area contributed by atoms with Crippen molar-refractivity contribution in [3.8, 4) is 5.75 Å². The predicted octanol–water partition coefficient (Wildman–Crippen LogP) is 3.06. The van der Waals surface area contributed by atoms with Gasteiger partial charge in [0.2, 0.25) is 0 Å². The third kappa shape index (κ3) is 4.89. The Balaban J connectivity index is 1.64. The maximum atomic E-state index is 12.7. The molecule has 0 saturated carbocycles. The molecule has 148 valence electrons. The molecule has 3 rings (SSSR count). The molecule has 1 atom stereocenters. The molecule has 1 heterocycles. The van der Waals surface area contributed by atoms with E-state index in [1.54, 1.807) is 31.4 Å². The first-order valence-corrected chi connectivity index (χ1v) is 9.52. The van der Waals surface area contributed by atoms with Crippen LogP contribution in [-0.4, -0.2) is 60.1 Å². The molecule has 0 aromatic heterocycles. The van der Waals surface area contributed by atoms with Crippen molar-refractivity contribution in [2.75, 3.05) is 33.3 Å². The van der Waals surface area contributed by atoms with E-state index < -0.39 is 5.97 Å². The third-order valence-electron chi connectivity index (χ3n) is 5.20. The van der Waals surface area contributed by atoms with Crippen molar-refractivity contribution in [1.29, 1.82) is 0 Å². The van der Waals surface area contributed by atoms with Gasteiger partial charge in [-0.3, -0.25) is 14.5 Å². The maximum Gasteiger partial charge on any atom is 0.303 e. The zero-order chi connectivity index (χ0) is 19.9. The van der Waals surface area contributed by atoms with E-state index in [9.17, 15) is 9.59 Å². The fourth-order valence-electron chi connectivity index (χ4n) is 3.65. The van der Waals surface area contributed by atoms with Gasteiger partial charge in [-0.05, 0) is 36.2 Å². The van der Waals surface area contributed by atoms with Crippen LogP contribution >= 0.6 is 0 Å². The van der Waals surface area contributed by atoms with Crippen molar-refractivity contribution in [1.82, 2.24) is 9.80 Å². The van der Waals surface area contributed by atoms with Gasteiger partial charge >= 0.3 is 5.97 Å². The Hall–Kier alpha value is -2.86. The number of methoxy groups -OCH3 is 1. The Morgan fingerprint density at radius 3 is 2.21 bits per heavy atom. The van der Waals surface area contributed by atoms with E-state index in [2.05, 4.69) is 4.90 Å². The fourth-order valence-corrected chi connectivity index (χ4v) is 3.65.